The van der Waals surface area contributed by atoms with Crippen LogP contribution in [0, 0.1) is 23.5 Å². The lowest BCUT2D eigenvalue weighted by Gasteiger charge is -2.12. The van der Waals surface area contributed by atoms with Crippen LogP contribution in [0.2, 0.25) is 0 Å². The molecule has 0 bridgehead atoms. The van der Waals surface area contributed by atoms with E-state index < -0.39 is 23.5 Å². The summed E-state index contributed by atoms with van der Waals surface area (Å²) < 4.78 is 26.9. The highest BCUT2D eigenvalue weighted by atomic mass is 19.1. The van der Waals surface area contributed by atoms with Crippen molar-refractivity contribution < 1.29 is 23.5 Å². The fourth-order valence-electron chi connectivity index (χ4n) is 3.27. The third-order valence-corrected chi connectivity index (χ3v) is 4.61. The molecule has 4 nitrogen and oxygen atoms in total. The number of carboxylic acid groups (broad SMARTS) is 1. The van der Waals surface area contributed by atoms with Crippen LogP contribution in [-0.4, -0.2) is 23.0 Å². The molecule has 2 saturated carbocycles. The van der Waals surface area contributed by atoms with Crippen molar-refractivity contribution in [3.05, 3.63) is 35.4 Å². The Labute approximate surface area is 126 Å². The van der Waals surface area contributed by atoms with Gasteiger partial charge in [-0.05, 0) is 55.4 Å². The summed E-state index contributed by atoms with van der Waals surface area (Å²) in [4.78, 5) is 23.0. The number of rotatable bonds is 4. The van der Waals surface area contributed by atoms with Gasteiger partial charge in [-0.3, -0.25) is 9.59 Å². The Hall–Kier alpha value is -1.98. The SMILES string of the molecule is O=C(N[C@@H]1CC[C@H](C(=O)O)C1)C1CC1c1cc(F)ccc1F. The van der Waals surface area contributed by atoms with Crippen LogP contribution in [0.25, 0.3) is 0 Å². The van der Waals surface area contributed by atoms with Gasteiger partial charge in [-0.25, -0.2) is 8.78 Å². The number of halogens is 2. The first-order valence-corrected chi connectivity index (χ1v) is 7.44. The highest BCUT2D eigenvalue weighted by Crippen LogP contribution is 2.48. The molecule has 1 aromatic rings. The van der Waals surface area contributed by atoms with Gasteiger partial charge in [-0.1, -0.05) is 0 Å². The summed E-state index contributed by atoms with van der Waals surface area (Å²) in [5.41, 5.74) is 0.245. The molecule has 0 aliphatic heterocycles. The van der Waals surface area contributed by atoms with E-state index in [1.165, 1.54) is 0 Å². The normalized spacial score (nSPS) is 30.1. The van der Waals surface area contributed by atoms with Gasteiger partial charge in [0.1, 0.15) is 11.6 Å². The standard InChI is InChI=1S/C16H17F2NO3/c17-9-2-4-14(18)12(6-9)11-7-13(11)15(20)19-10-3-1-8(5-10)16(21)22/h2,4,6,8,10-11,13H,1,3,5,7H2,(H,19,20)(H,21,22)/t8-,10+,11?,13?/m0/s1. The number of amides is 1. The molecule has 4 atom stereocenters. The summed E-state index contributed by atoms with van der Waals surface area (Å²) in [7, 11) is 0. The summed E-state index contributed by atoms with van der Waals surface area (Å²) in [6.45, 7) is 0. The van der Waals surface area contributed by atoms with Gasteiger partial charge >= 0.3 is 5.97 Å². The summed E-state index contributed by atoms with van der Waals surface area (Å²) in [5.74, 6) is -3.06. The Morgan fingerprint density at radius 3 is 2.64 bits per heavy atom. The quantitative estimate of drug-likeness (QED) is 0.898. The summed E-state index contributed by atoms with van der Waals surface area (Å²) >= 11 is 0. The predicted octanol–water partition coefficient (Wildman–Crippen LogP) is 2.44. The van der Waals surface area contributed by atoms with E-state index in [9.17, 15) is 18.4 Å². The van der Waals surface area contributed by atoms with E-state index in [-0.39, 0.29) is 29.3 Å². The molecular weight excluding hydrogens is 292 g/mol. The van der Waals surface area contributed by atoms with E-state index in [2.05, 4.69) is 5.32 Å². The van der Waals surface area contributed by atoms with Crippen LogP contribution in [-0.2, 0) is 9.59 Å². The average molecular weight is 309 g/mol. The fraction of sp³-hybridized carbons (Fsp3) is 0.500. The maximum Gasteiger partial charge on any atom is 0.306 e. The minimum absolute atomic E-state index is 0.132. The lowest BCUT2D eigenvalue weighted by atomic mass is 10.1. The number of hydrogen-bond donors (Lipinski definition) is 2. The average Bonchev–Trinajstić information content (AvgIpc) is 3.13. The number of carboxylic acids is 1. The van der Waals surface area contributed by atoms with Gasteiger partial charge in [0.05, 0.1) is 5.92 Å². The number of carbonyl (C=O) groups excluding carboxylic acids is 1. The van der Waals surface area contributed by atoms with Crippen LogP contribution < -0.4 is 5.32 Å². The zero-order valence-electron chi connectivity index (χ0n) is 11.9. The van der Waals surface area contributed by atoms with Crippen LogP contribution in [0.5, 0.6) is 0 Å². The van der Waals surface area contributed by atoms with Gasteiger partial charge in [0.15, 0.2) is 0 Å². The second kappa shape index (κ2) is 5.66. The molecule has 6 heteroatoms. The maximum atomic E-state index is 13.7. The molecule has 1 amide bonds. The van der Waals surface area contributed by atoms with E-state index in [0.29, 0.717) is 25.7 Å². The minimum Gasteiger partial charge on any atom is -0.481 e. The smallest absolute Gasteiger partial charge is 0.306 e. The van der Waals surface area contributed by atoms with E-state index in [1.807, 2.05) is 0 Å². The lowest BCUT2D eigenvalue weighted by molar-refractivity contribution is -0.141. The molecule has 0 aromatic heterocycles. The Morgan fingerprint density at radius 2 is 1.95 bits per heavy atom. The van der Waals surface area contributed by atoms with E-state index >= 15 is 0 Å². The summed E-state index contributed by atoms with van der Waals surface area (Å²) in [6.07, 6.45) is 2.15. The Balaban J connectivity index is 1.57. The molecule has 0 radical (unpaired) electrons. The molecule has 0 spiro atoms. The van der Waals surface area contributed by atoms with E-state index in [4.69, 9.17) is 5.11 Å². The first kappa shape index (κ1) is 14.9. The Bertz CT molecular complexity index is 619. The molecule has 3 rings (SSSR count). The molecular formula is C16H17F2NO3. The summed E-state index contributed by atoms with van der Waals surface area (Å²) in [5, 5.41) is 11.8. The maximum absolute atomic E-state index is 13.7. The predicted molar refractivity (Wildman–Crippen MR) is 74.1 cm³/mol. The topological polar surface area (TPSA) is 66.4 Å². The number of nitrogens with one attached hydrogen (secondary N) is 1. The first-order valence-electron chi connectivity index (χ1n) is 7.44. The molecule has 118 valence electrons. The van der Waals surface area contributed by atoms with Gasteiger partial charge in [0.2, 0.25) is 5.91 Å². The second-order valence-corrected chi connectivity index (χ2v) is 6.17. The van der Waals surface area contributed by atoms with Crippen LogP contribution in [0.3, 0.4) is 0 Å². The van der Waals surface area contributed by atoms with Crippen LogP contribution >= 0.6 is 0 Å². The fourth-order valence-corrected chi connectivity index (χ4v) is 3.27. The van der Waals surface area contributed by atoms with E-state index in [1.54, 1.807) is 0 Å². The third-order valence-electron chi connectivity index (χ3n) is 4.61. The first-order chi connectivity index (χ1) is 10.5. The van der Waals surface area contributed by atoms with Crippen molar-refractivity contribution in [2.45, 2.75) is 37.6 Å². The van der Waals surface area contributed by atoms with Gasteiger partial charge < -0.3 is 10.4 Å². The van der Waals surface area contributed by atoms with Gasteiger partial charge in [-0.2, -0.15) is 0 Å². The number of aliphatic carboxylic acids is 1. The third kappa shape index (κ3) is 2.96. The van der Waals surface area contributed by atoms with Crippen molar-refractivity contribution in [1.82, 2.24) is 5.32 Å². The molecule has 2 N–H and O–H groups in total. The highest BCUT2D eigenvalue weighted by molar-refractivity contribution is 5.83. The number of benzene rings is 1. The Morgan fingerprint density at radius 1 is 1.18 bits per heavy atom. The molecule has 2 aliphatic carbocycles. The molecule has 2 aliphatic rings. The van der Waals surface area contributed by atoms with Gasteiger partial charge in [-0.15, -0.1) is 0 Å². The number of hydrogen-bond acceptors (Lipinski definition) is 2. The molecule has 2 unspecified atom stereocenters. The second-order valence-electron chi connectivity index (χ2n) is 6.17. The van der Waals surface area contributed by atoms with E-state index in [0.717, 1.165) is 18.2 Å². The highest BCUT2D eigenvalue weighted by Gasteiger charge is 2.46. The van der Waals surface area contributed by atoms with Crippen molar-refractivity contribution in [2.24, 2.45) is 11.8 Å². The van der Waals surface area contributed by atoms with Gasteiger partial charge in [0.25, 0.3) is 0 Å². The van der Waals surface area contributed by atoms with Crippen molar-refractivity contribution in [2.75, 3.05) is 0 Å². The lowest BCUT2D eigenvalue weighted by Crippen LogP contribution is -2.34. The van der Waals surface area contributed by atoms with Crippen molar-refractivity contribution in [3.63, 3.8) is 0 Å². The molecule has 0 heterocycles. The minimum atomic E-state index is -0.831. The zero-order chi connectivity index (χ0) is 15.9. The molecule has 1 aromatic carbocycles. The largest absolute Gasteiger partial charge is 0.481 e. The zero-order valence-corrected chi connectivity index (χ0v) is 11.9. The van der Waals surface area contributed by atoms with Crippen LogP contribution in [0.1, 0.15) is 37.2 Å². The Kier molecular flexibility index (Phi) is 3.85. The monoisotopic (exact) mass is 309 g/mol. The molecule has 0 saturated heterocycles. The number of carbonyl (C=O) groups is 2. The van der Waals surface area contributed by atoms with Crippen molar-refractivity contribution >= 4 is 11.9 Å². The van der Waals surface area contributed by atoms with Crippen molar-refractivity contribution in [3.8, 4) is 0 Å². The van der Waals surface area contributed by atoms with Crippen LogP contribution in [0.15, 0.2) is 18.2 Å². The van der Waals surface area contributed by atoms with Crippen molar-refractivity contribution in [1.29, 1.82) is 0 Å². The van der Waals surface area contributed by atoms with Gasteiger partial charge in [0, 0.05) is 12.0 Å². The molecule has 2 fully saturated rings. The summed E-state index contributed by atoms with van der Waals surface area (Å²) in [6, 6.07) is 3.14. The molecule has 22 heavy (non-hydrogen) atoms. The van der Waals surface area contributed by atoms with Crippen LogP contribution in [0.4, 0.5) is 8.78 Å².